The van der Waals surface area contributed by atoms with Crippen LogP contribution < -0.4 is 35.2 Å². The molecule has 0 aliphatic carbocycles. The third-order valence-electron chi connectivity index (χ3n) is 0.132. The summed E-state index contributed by atoms with van der Waals surface area (Å²) in [5.41, 5.74) is 0.685. The Morgan fingerprint density at radius 3 is 2.25 bits per heavy atom. The molecular weight excluding hydrogens is 131 g/mol. The van der Waals surface area contributed by atoms with Crippen LogP contribution in [-0.2, 0) is 9.98 Å². The summed E-state index contributed by atoms with van der Waals surface area (Å²) in [6.07, 6.45) is 0. The summed E-state index contributed by atoms with van der Waals surface area (Å²) in [5, 5.41) is 16.7. The Morgan fingerprint density at radius 1 is 1.62 bits per heavy atom. The summed E-state index contributed by atoms with van der Waals surface area (Å²) < 4.78 is 0. The SMILES string of the molecule is O=[N+]([O-])OON[O-].[Na+]. The molecule has 0 rings (SSSR count). The van der Waals surface area contributed by atoms with Crippen molar-refractivity contribution in [2.45, 2.75) is 0 Å². The molecule has 0 heterocycles. The minimum Gasteiger partial charge on any atom is -0.763 e. The summed E-state index contributed by atoms with van der Waals surface area (Å²) in [6, 6.07) is 0. The van der Waals surface area contributed by atoms with Crippen LogP contribution in [0.3, 0.4) is 0 Å². The van der Waals surface area contributed by atoms with Gasteiger partial charge in [0.2, 0.25) is 0 Å². The van der Waals surface area contributed by atoms with Gasteiger partial charge in [-0.2, -0.15) is 0 Å². The maximum atomic E-state index is 9.04. The van der Waals surface area contributed by atoms with Gasteiger partial charge in [0.15, 0.2) is 0 Å². The van der Waals surface area contributed by atoms with Crippen molar-refractivity contribution in [3.05, 3.63) is 15.3 Å². The molecular formula is HN2NaO5. The normalized spacial score (nSPS) is 7.12. The first-order chi connectivity index (χ1) is 3.27. The molecule has 0 atom stereocenters. The molecule has 0 bridgehead atoms. The van der Waals surface area contributed by atoms with Crippen molar-refractivity contribution in [1.82, 2.24) is 5.64 Å². The maximum Gasteiger partial charge on any atom is 1.00 e. The van der Waals surface area contributed by atoms with Crippen molar-refractivity contribution in [3.63, 3.8) is 0 Å². The smallest absolute Gasteiger partial charge is 0.763 e. The van der Waals surface area contributed by atoms with E-state index < -0.39 is 5.09 Å². The first kappa shape index (κ1) is 11.0. The Morgan fingerprint density at radius 2 is 2.12 bits per heavy atom. The van der Waals surface area contributed by atoms with Crippen LogP contribution in [0.4, 0.5) is 0 Å². The fourth-order valence-corrected chi connectivity index (χ4v) is 0.0456. The molecule has 0 radical (unpaired) electrons. The minimum absolute atomic E-state index is 0. The molecule has 0 saturated carbocycles. The Hall–Kier alpha value is 0.0800. The van der Waals surface area contributed by atoms with Crippen LogP contribution in [0, 0.1) is 15.3 Å². The number of nitrogens with zero attached hydrogens (tertiary/aromatic N) is 1. The number of nitrogens with one attached hydrogen (secondary N) is 1. The Balaban J connectivity index is 0. The molecule has 0 fully saturated rings. The van der Waals surface area contributed by atoms with Gasteiger partial charge in [0.1, 0.15) is 0 Å². The van der Waals surface area contributed by atoms with Crippen LogP contribution in [-0.4, -0.2) is 5.09 Å². The van der Waals surface area contributed by atoms with Gasteiger partial charge in [-0.15, -0.1) is 20.1 Å². The molecule has 0 amide bonds. The van der Waals surface area contributed by atoms with Gasteiger partial charge >= 0.3 is 34.6 Å². The molecule has 0 saturated heterocycles. The molecule has 0 aromatic rings. The van der Waals surface area contributed by atoms with Gasteiger partial charge in [-0.3, -0.25) is 0 Å². The monoisotopic (exact) mass is 132 g/mol. The van der Waals surface area contributed by atoms with E-state index in [1.54, 1.807) is 0 Å². The van der Waals surface area contributed by atoms with Crippen LogP contribution >= 0.6 is 0 Å². The van der Waals surface area contributed by atoms with E-state index in [1.807, 2.05) is 0 Å². The van der Waals surface area contributed by atoms with Gasteiger partial charge in [0, 0.05) is 0 Å². The Bertz CT molecular complexity index is 63.4. The van der Waals surface area contributed by atoms with E-state index in [-0.39, 0.29) is 29.6 Å². The second kappa shape index (κ2) is 7.08. The Kier molecular flexibility index (Phi) is 9.70. The van der Waals surface area contributed by atoms with Gasteiger partial charge in [0.25, 0.3) is 0 Å². The zero-order valence-electron chi connectivity index (χ0n) is 3.99. The molecule has 7 nitrogen and oxygen atoms in total. The summed E-state index contributed by atoms with van der Waals surface area (Å²) in [7, 11) is 0. The van der Waals surface area contributed by atoms with Gasteiger partial charge in [-0.25, -0.2) is 5.64 Å². The second-order valence-electron chi connectivity index (χ2n) is 0.465. The van der Waals surface area contributed by atoms with E-state index in [4.69, 9.17) is 15.3 Å². The number of hydrogen-bond acceptors (Lipinski definition) is 6. The van der Waals surface area contributed by atoms with Gasteiger partial charge < -0.3 is 5.21 Å². The Labute approximate surface area is 65.8 Å². The van der Waals surface area contributed by atoms with Crippen molar-refractivity contribution >= 4 is 0 Å². The largest absolute Gasteiger partial charge is 1.00 e. The van der Waals surface area contributed by atoms with Crippen molar-refractivity contribution in [2.75, 3.05) is 0 Å². The quantitative estimate of drug-likeness (QED) is 0.182. The molecule has 42 valence electrons. The van der Waals surface area contributed by atoms with E-state index >= 15 is 0 Å². The van der Waals surface area contributed by atoms with Crippen molar-refractivity contribution in [2.24, 2.45) is 0 Å². The molecule has 0 aliphatic heterocycles. The molecule has 1 N–H and O–H groups in total. The summed E-state index contributed by atoms with van der Waals surface area (Å²) in [5.74, 6) is 0. The standard InChI is InChI=1S/HN2O5.Na/c3-1-6-7-2(4)5;/h1H;/q-1;+1. The molecule has 0 spiro atoms. The summed E-state index contributed by atoms with van der Waals surface area (Å²) in [6.45, 7) is 0. The molecule has 8 heteroatoms. The van der Waals surface area contributed by atoms with E-state index in [0.717, 1.165) is 0 Å². The number of rotatable bonds is 3. The van der Waals surface area contributed by atoms with E-state index in [9.17, 15) is 0 Å². The third-order valence-corrected chi connectivity index (χ3v) is 0.132. The molecule has 8 heavy (non-hydrogen) atoms. The van der Waals surface area contributed by atoms with Gasteiger partial charge in [0.05, 0.1) is 0 Å². The summed E-state index contributed by atoms with van der Waals surface area (Å²) in [4.78, 5) is 15.1. The van der Waals surface area contributed by atoms with Crippen molar-refractivity contribution < 1.29 is 44.6 Å². The fraction of sp³-hybridized carbons (Fsp3) is 0. The molecule has 0 aromatic heterocycles. The zero-order chi connectivity index (χ0) is 5.70. The van der Waals surface area contributed by atoms with Crippen LogP contribution in [0.2, 0.25) is 0 Å². The predicted molar refractivity (Wildman–Crippen MR) is 15.7 cm³/mol. The minimum atomic E-state index is -1.27. The first-order valence-corrected chi connectivity index (χ1v) is 1.12. The van der Waals surface area contributed by atoms with E-state index in [0.29, 0.717) is 5.64 Å². The topological polar surface area (TPSA) is 96.7 Å². The average molecular weight is 132 g/mol. The van der Waals surface area contributed by atoms with Crippen molar-refractivity contribution in [3.8, 4) is 0 Å². The van der Waals surface area contributed by atoms with Crippen LogP contribution in [0.1, 0.15) is 0 Å². The van der Waals surface area contributed by atoms with Crippen LogP contribution in [0.25, 0.3) is 0 Å². The van der Waals surface area contributed by atoms with E-state index in [2.05, 4.69) is 9.98 Å². The molecule has 0 aromatic carbocycles. The average Bonchev–Trinajstić information content (AvgIpc) is 1.61. The second-order valence-corrected chi connectivity index (χ2v) is 0.465. The molecule has 0 unspecified atom stereocenters. The first-order valence-electron chi connectivity index (χ1n) is 1.12. The van der Waals surface area contributed by atoms with Crippen LogP contribution in [0.5, 0.6) is 0 Å². The number of hydrogen-bond donors (Lipinski definition) is 1. The molecule has 0 aliphatic rings. The van der Waals surface area contributed by atoms with Crippen molar-refractivity contribution in [1.29, 1.82) is 0 Å². The maximum absolute atomic E-state index is 9.04. The van der Waals surface area contributed by atoms with Gasteiger partial charge in [-0.05, 0) is 0 Å². The summed E-state index contributed by atoms with van der Waals surface area (Å²) >= 11 is 0. The van der Waals surface area contributed by atoms with Gasteiger partial charge in [-0.1, -0.05) is 0 Å². The fourth-order valence-electron chi connectivity index (χ4n) is 0.0456. The van der Waals surface area contributed by atoms with E-state index in [1.165, 1.54) is 0 Å². The zero-order valence-corrected chi connectivity index (χ0v) is 5.99. The predicted octanol–water partition coefficient (Wildman–Crippen LogP) is -3.87. The van der Waals surface area contributed by atoms with Crippen LogP contribution in [0.15, 0.2) is 0 Å². The third kappa shape index (κ3) is 9.43.